The summed E-state index contributed by atoms with van der Waals surface area (Å²) in [6.07, 6.45) is 4.29. The second-order valence-corrected chi connectivity index (χ2v) is 10.6. The number of unbranched alkanes of at least 4 members (excludes halogenated alkanes) is 2. The molecule has 1 fully saturated rings. The van der Waals surface area contributed by atoms with Crippen molar-refractivity contribution in [3.8, 4) is 5.75 Å². The number of rotatable bonds is 9. The van der Waals surface area contributed by atoms with Gasteiger partial charge in [0.05, 0.1) is 5.69 Å². The van der Waals surface area contributed by atoms with Crippen LogP contribution in [0.3, 0.4) is 0 Å². The summed E-state index contributed by atoms with van der Waals surface area (Å²) < 4.78 is 13.7. The molecule has 1 N–H and O–H groups in total. The number of phenols is 1. The molecule has 4 rings (SSSR count). The third kappa shape index (κ3) is 6.36. The number of phenolic OH excluding ortho intramolecular Hbond substituents is 1. The molecule has 38 heavy (non-hydrogen) atoms. The fourth-order valence-corrected chi connectivity index (χ4v) is 5.47. The summed E-state index contributed by atoms with van der Waals surface area (Å²) in [6, 6.07) is 20.0. The van der Waals surface area contributed by atoms with Crippen LogP contribution < -0.4 is 9.80 Å². The van der Waals surface area contributed by atoms with Crippen LogP contribution >= 0.6 is 0 Å². The number of hydrogen-bond acceptors (Lipinski definition) is 4. The number of hydrogen-bond donors (Lipinski definition) is 1. The zero-order valence-electron chi connectivity index (χ0n) is 23.0. The molecule has 1 amide bonds. The maximum absolute atomic E-state index is 13.7. The molecule has 0 unspecified atom stereocenters. The molecule has 0 radical (unpaired) electrons. The minimum absolute atomic E-state index is 0.199. The van der Waals surface area contributed by atoms with Gasteiger partial charge in [-0.1, -0.05) is 50.1 Å². The Hall–Kier alpha value is -3.38. The van der Waals surface area contributed by atoms with E-state index in [0.29, 0.717) is 29.5 Å². The number of benzene rings is 3. The van der Waals surface area contributed by atoms with E-state index in [-0.39, 0.29) is 17.8 Å². The highest BCUT2D eigenvalue weighted by Crippen LogP contribution is 2.36. The van der Waals surface area contributed by atoms with Crippen molar-refractivity contribution in [3.63, 3.8) is 0 Å². The van der Waals surface area contributed by atoms with Gasteiger partial charge in [-0.15, -0.1) is 0 Å². The van der Waals surface area contributed by atoms with Crippen LogP contribution in [0.2, 0.25) is 0 Å². The smallest absolute Gasteiger partial charge is 0.258 e. The molecule has 1 aliphatic rings. The quantitative estimate of drug-likeness (QED) is 0.330. The number of nitrogens with zero attached hydrogens (tertiary/aromatic N) is 3. The van der Waals surface area contributed by atoms with Crippen LogP contribution in [0, 0.1) is 5.82 Å². The largest absolute Gasteiger partial charge is 0.506 e. The normalized spacial score (nSPS) is 18.0. The van der Waals surface area contributed by atoms with Gasteiger partial charge in [0.1, 0.15) is 11.6 Å². The molecule has 3 aromatic rings. The Balaban J connectivity index is 1.54. The number of amides is 1. The van der Waals surface area contributed by atoms with Crippen molar-refractivity contribution < 1.29 is 14.3 Å². The second-order valence-electron chi connectivity index (χ2n) is 10.6. The van der Waals surface area contributed by atoms with Crippen molar-refractivity contribution in [3.05, 3.63) is 89.2 Å². The Morgan fingerprint density at radius 3 is 2.53 bits per heavy atom. The molecule has 0 saturated carbocycles. The summed E-state index contributed by atoms with van der Waals surface area (Å²) in [6.45, 7) is 9.68. The molecule has 0 bridgehead atoms. The first-order valence-electron chi connectivity index (χ1n) is 13.7. The Morgan fingerprint density at radius 2 is 1.76 bits per heavy atom. The lowest BCUT2D eigenvalue weighted by molar-refractivity contribution is 0.0993. The molecule has 1 saturated heterocycles. The molecule has 6 heteroatoms. The summed E-state index contributed by atoms with van der Waals surface area (Å²) in [5, 5.41) is 11.0. The SMILES string of the molecule is CCCCCN1C[C@H](C)N(c2c(O)cccc2Cc2cccc(C(=O)N(C)c3cccc(F)c3)c2)C[C@H]1C. The Morgan fingerprint density at radius 1 is 1.00 bits per heavy atom. The van der Waals surface area contributed by atoms with Gasteiger partial charge in [-0.2, -0.15) is 0 Å². The van der Waals surface area contributed by atoms with Crippen molar-refractivity contribution in [1.29, 1.82) is 0 Å². The van der Waals surface area contributed by atoms with Gasteiger partial charge in [0, 0.05) is 43.5 Å². The van der Waals surface area contributed by atoms with Crippen LogP contribution in [0.25, 0.3) is 0 Å². The summed E-state index contributed by atoms with van der Waals surface area (Å²) in [4.78, 5) is 19.6. The second kappa shape index (κ2) is 12.4. The van der Waals surface area contributed by atoms with Crippen LogP contribution in [0.15, 0.2) is 66.7 Å². The van der Waals surface area contributed by atoms with Gasteiger partial charge < -0.3 is 14.9 Å². The number of anilines is 2. The summed E-state index contributed by atoms with van der Waals surface area (Å²) in [7, 11) is 1.65. The van der Waals surface area contributed by atoms with E-state index < -0.39 is 0 Å². The first-order valence-corrected chi connectivity index (χ1v) is 13.7. The number of aromatic hydroxyl groups is 1. The summed E-state index contributed by atoms with van der Waals surface area (Å²) in [5.74, 6) is -0.285. The molecule has 5 nitrogen and oxygen atoms in total. The number of carbonyl (C=O) groups is 1. The van der Waals surface area contributed by atoms with E-state index in [1.165, 1.54) is 36.3 Å². The first kappa shape index (κ1) is 27.6. The van der Waals surface area contributed by atoms with E-state index in [0.717, 1.165) is 36.4 Å². The van der Waals surface area contributed by atoms with E-state index in [9.17, 15) is 14.3 Å². The van der Waals surface area contributed by atoms with E-state index in [4.69, 9.17) is 0 Å². The lowest BCUT2D eigenvalue weighted by Crippen LogP contribution is -2.56. The van der Waals surface area contributed by atoms with Gasteiger partial charge >= 0.3 is 0 Å². The van der Waals surface area contributed by atoms with Crippen LogP contribution in [0.5, 0.6) is 5.75 Å². The van der Waals surface area contributed by atoms with Crippen LogP contribution in [-0.2, 0) is 6.42 Å². The Labute approximate surface area is 226 Å². The average Bonchev–Trinajstić information content (AvgIpc) is 2.90. The van der Waals surface area contributed by atoms with Gasteiger partial charge in [-0.25, -0.2) is 4.39 Å². The number of para-hydroxylation sites is 1. The highest BCUT2D eigenvalue weighted by molar-refractivity contribution is 6.05. The van der Waals surface area contributed by atoms with Crippen LogP contribution in [0.1, 0.15) is 61.5 Å². The summed E-state index contributed by atoms with van der Waals surface area (Å²) in [5.41, 5.74) is 3.95. The van der Waals surface area contributed by atoms with Gasteiger partial charge in [-0.05, 0) is 80.8 Å². The van der Waals surface area contributed by atoms with E-state index in [2.05, 4.69) is 36.6 Å². The molecule has 0 aromatic heterocycles. The molecule has 0 aliphatic carbocycles. The molecule has 0 spiro atoms. The zero-order chi connectivity index (χ0) is 27.2. The third-order valence-electron chi connectivity index (χ3n) is 7.62. The predicted octanol–water partition coefficient (Wildman–Crippen LogP) is 6.49. The number of carbonyl (C=O) groups excluding carboxylic acids is 1. The number of piperazine rings is 1. The molecule has 1 aliphatic heterocycles. The molecular formula is C32H40FN3O2. The van der Waals surface area contributed by atoms with Gasteiger partial charge in [0.25, 0.3) is 5.91 Å². The van der Waals surface area contributed by atoms with Crippen LogP contribution in [0.4, 0.5) is 15.8 Å². The van der Waals surface area contributed by atoms with Crippen molar-refractivity contribution >= 4 is 17.3 Å². The van der Waals surface area contributed by atoms with Crippen molar-refractivity contribution in [2.24, 2.45) is 0 Å². The van der Waals surface area contributed by atoms with Crippen molar-refractivity contribution in [1.82, 2.24) is 4.90 Å². The summed E-state index contributed by atoms with van der Waals surface area (Å²) >= 11 is 0. The fourth-order valence-electron chi connectivity index (χ4n) is 5.47. The molecule has 3 aromatic carbocycles. The highest BCUT2D eigenvalue weighted by atomic mass is 19.1. The molecule has 202 valence electrons. The predicted molar refractivity (Wildman–Crippen MR) is 154 cm³/mol. The Kier molecular flexibility index (Phi) is 9.05. The maximum Gasteiger partial charge on any atom is 0.258 e. The third-order valence-corrected chi connectivity index (χ3v) is 7.62. The highest BCUT2D eigenvalue weighted by Gasteiger charge is 2.31. The Bertz CT molecular complexity index is 1250. The minimum atomic E-state index is -0.377. The molecule has 2 atom stereocenters. The van der Waals surface area contributed by atoms with Gasteiger partial charge in [-0.3, -0.25) is 9.69 Å². The monoisotopic (exact) mass is 517 g/mol. The van der Waals surface area contributed by atoms with Crippen molar-refractivity contribution in [2.75, 3.05) is 36.5 Å². The van der Waals surface area contributed by atoms with Gasteiger partial charge in [0.2, 0.25) is 0 Å². The van der Waals surface area contributed by atoms with E-state index in [1.807, 2.05) is 24.3 Å². The number of halogens is 1. The lowest BCUT2D eigenvalue weighted by atomic mass is 9.98. The standard InChI is InChI=1S/C32H40FN3O2/c1-5-6-7-17-35-21-24(3)36(22-23(35)2)31-26(12-9-16-30(31)37)18-25-11-8-13-27(19-25)32(38)34(4)29-15-10-14-28(33)20-29/h8-16,19-20,23-24,37H,5-7,17-18,21-22H2,1-4H3/t23-,24+/m1/s1. The van der Waals surface area contributed by atoms with Gasteiger partial charge in [0.15, 0.2) is 0 Å². The molecule has 1 heterocycles. The first-order chi connectivity index (χ1) is 18.3. The zero-order valence-corrected chi connectivity index (χ0v) is 23.0. The van der Waals surface area contributed by atoms with E-state index in [1.54, 1.807) is 31.3 Å². The van der Waals surface area contributed by atoms with E-state index >= 15 is 0 Å². The minimum Gasteiger partial charge on any atom is -0.506 e. The fraction of sp³-hybridized carbons (Fsp3) is 0.406. The topological polar surface area (TPSA) is 47.0 Å². The molecular weight excluding hydrogens is 477 g/mol. The lowest BCUT2D eigenvalue weighted by Gasteiger charge is -2.46. The maximum atomic E-state index is 13.7. The van der Waals surface area contributed by atoms with Crippen LogP contribution in [-0.4, -0.2) is 54.7 Å². The van der Waals surface area contributed by atoms with Crippen molar-refractivity contribution in [2.45, 2.75) is 58.5 Å². The average molecular weight is 518 g/mol.